The van der Waals surface area contributed by atoms with Gasteiger partial charge in [0.05, 0.1) is 0 Å². The first-order valence-electron chi connectivity index (χ1n) is 4.80. The standard InChI is InChI=1S/C9H19FN2/c1-7(6-10)12-9-4-2-8(11)3-5-9/h7-9,12H,2-6,11H2,1H3. The fourth-order valence-corrected chi connectivity index (χ4v) is 1.73. The number of alkyl halides is 1. The summed E-state index contributed by atoms with van der Waals surface area (Å²) >= 11 is 0. The first-order chi connectivity index (χ1) is 5.72. The molecule has 1 fully saturated rings. The van der Waals surface area contributed by atoms with Crippen LogP contribution in [0.2, 0.25) is 0 Å². The van der Waals surface area contributed by atoms with Gasteiger partial charge in [-0.3, -0.25) is 0 Å². The molecule has 0 aromatic rings. The fraction of sp³-hybridized carbons (Fsp3) is 1.00. The van der Waals surface area contributed by atoms with Crippen molar-refractivity contribution < 1.29 is 4.39 Å². The van der Waals surface area contributed by atoms with Crippen LogP contribution in [0.4, 0.5) is 4.39 Å². The number of halogens is 1. The summed E-state index contributed by atoms with van der Waals surface area (Å²) < 4.78 is 12.1. The van der Waals surface area contributed by atoms with Crippen LogP contribution in [0.1, 0.15) is 32.6 Å². The van der Waals surface area contributed by atoms with Gasteiger partial charge in [-0.25, -0.2) is 4.39 Å². The van der Waals surface area contributed by atoms with Crippen LogP contribution in [-0.2, 0) is 0 Å². The first-order valence-corrected chi connectivity index (χ1v) is 4.80. The van der Waals surface area contributed by atoms with Crippen molar-refractivity contribution in [1.29, 1.82) is 0 Å². The summed E-state index contributed by atoms with van der Waals surface area (Å²) in [6.45, 7) is 1.61. The zero-order valence-corrected chi connectivity index (χ0v) is 7.72. The van der Waals surface area contributed by atoms with E-state index in [-0.39, 0.29) is 12.7 Å². The quantitative estimate of drug-likeness (QED) is 0.675. The van der Waals surface area contributed by atoms with Crippen molar-refractivity contribution in [3.8, 4) is 0 Å². The van der Waals surface area contributed by atoms with Gasteiger partial charge in [-0.2, -0.15) is 0 Å². The van der Waals surface area contributed by atoms with Crippen molar-refractivity contribution in [1.82, 2.24) is 5.32 Å². The molecule has 0 aliphatic heterocycles. The fourth-order valence-electron chi connectivity index (χ4n) is 1.73. The van der Waals surface area contributed by atoms with Crippen molar-refractivity contribution in [2.75, 3.05) is 6.67 Å². The van der Waals surface area contributed by atoms with Gasteiger partial charge in [-0.05, 0) is 32.6 Å². The van der Waals surface area contributed by atoms with Gasteiger partial charge in [0.2, 0.25) is 0 Å². The Hall–Kier alpha value is -0.150. The number of nitrogens with two attached hydrogens (primary N) is 1. The van der Waals surface area contributed by atoms with Crippen LogP contribution in [0.15, 0.2) is 0 Å². The first kappa shape index (κ1) is 9.93. The Bertz CT molecular complexity index is 122. The Balaban J connectivity index is 2.17. The second-order valence-corrected chi connectivity index (χ2v) is 3.83. The Morgan fingerprint density at radius 2 is 2.00 bits per heavy atom. The normalized spacial score (nSPS) is 33.2. The van der Waals surface area contributed by atoms with E-state index in [4.69, 9.17) is 5.73 Å². The molecule has 1 saturated carbocycles. The molecule has 1 aliphatic rings. The maximum atomic E-state index is 12.1. The lowest BCUT2D eigenvalue weighted by atomic mass is 9.91. The Morgan fingerprint density at radius 1 is 1.42 bits per heavy atom. The highest BCUT2D eigenvalue weighted by atomic mass is 19.1. The highest BCUT2D eigenvalue weighted by Gasteiger charge is 2.19. The van der Waals surface area contributed by atoms with E-state index in [1.807, 2.05) is 6.92 Å². The smallest absolute Gasteiger partial charge is 0.104 e. The average Bonchev–Trinajstić information content (AvgIpc) is 2.09. The molecule has 0 spiro atoms. The molecule has 0 saturated heterocycles. The van der Waals surface area contributed by atoms with Gasteiger partial charge in [-0.1, -0.05) is 0 Å². The minimum atomic E-state index is -0.275. The van der Waals surface area contributed by atoms with Gasteiger partial charge in [0.1, 0.15) is 6.67 Å². The van der Waals surface area contributed by atoms with Gasteiger partial charge >= 0.3 is 0 Å². The topological polar surface area (TPSA) is 38.0 Å². The lowest BCUT2D eigenvalue weighted by Gasteiger charge is -2.28. The molecule has 1 unspecified atom stereocenters. The molecule has 1 aliphatic carbocycles. The number of nitrogens with one attached hydrogen (secondary N) is 1. The minimum absolute atomic E-state index is 0.00400. The number of hydrogen-bond acceptors (Lipinski definition) is 2. The average molecular weight is 174 g/mol. The summed E-state index contributed by atoms with van der Waals surface area (Å²) in [6, 6.07) is 0.878. The molecule has 0 amide bonds. The summed E-state index contributed by atoms with van der Waals surface area (Å²) in [5, 5.41) is 3.26. The van der Waals surface area contributed by atoms with Gasteiger partial charge in [0, 0.05) is 18.1 Å². The molecule has 0 radical (unpaired) electrons. The summed E-state index contributed by atoms with van der Waals surface area (Å²) in [5.41, 5.74) is 5.76. The van der Waals surface area contributed by atoms with Crippen LogP contribution in [0.3, 0.4) is 0 Å². The molecule has 0 bridgehead atoms. The maximum Gasteiger partial charge on any atom is 0.104 e. The number of rotatable bonds is 3. The molecule has 3 N–H and O–H groups in total. The molecule has 3 heteroatoms. The summed E-state index contributed by atoms with van der Waals surface area (Å²) in [4.78, 5) is 0. The zero-order chi connectivity index (χ0) is 8.97. The van der Waals surface area contributed by atoms with Gasteiger partial charge in [0.15, 0.2) is 0 Å². The van der Waals surface area contributed by atoms with Crippen molar-refractivity contribution in [3.63, 3.8) is 0 Å². The highest BCUT2D eigenvalue weighted by molar-refractivity contribution is 4.80. The largest absolute Gasteiger partial charge is 0.328 e. The third-order valence-corrected chi connectivity index (χ3v) is 2.52. The van der Waals surface area contributed by atoms with Crippen LogP contribution < -0.4 is 11.1 Å². The molecule has 1 atom stereocenters. The van der Waals surface area contributed by atoms with E-state index in [9.17, 15) is 4.39 Å². The predicted molar refractivity (Wildman–Crippen MR) is 48.8 cm³/mol. The number of hydrogen-bond donors (Lipinski definition) is 2. The van der Waals surface area contributed by atoms with E-state index in [0.717, 1.165) is 25.7 Å². The molecule has 2 nitrogen and oxygen atoms in total. The van der Waals surface area contributed by atoms with Crippen LogP contribution in [0.25, 0.3) is 0 Å². The van der Waals surface area contributed by atoms with Crippen LogP contribution in [0.5, 0.6) is 0 Å². The predicted octanol–water partition coefficient (Wildman–Crippen LogP) is 1.20. The minimum Gasteiger partial charge on any atom is -0.328 e. The van der Waals surface area contributed by atoms with E-state index in [2.05, 4.69) is 5.32 Å². The van der Waals surface area contributed by atoms with Crippen LogP contribution >= 0.6 is 0 Å². The van der Waals surface area contributed by atoms with E-state index >= 15 is 0 Å². The Kier molecular flexibility index (Phi) is 3.95. The van der Waals surface area contributed by atoms with Crippen molar-refractivity contribution in [2.24, 2.45) is 5.73 Å². The van der Waals surface area contributed by atoms with E-state index < -0.39 is 0 Å². The van der Waals surface area contributed by atoms with Gasteiger partial charge in [-0.15, -0.1) is 0 Å². The zero-order valence-electron chi connectivity index (χ0n) is 7.72. The molecular weight excluding hydrogens is 155 g/mol. The summed E-state index contributed by atoms with van der Waals surface area (Å²) in [5.74, 6) is 0. The van der Waals surface area contributed by atoms with Gasteiger partial charge in [0.25, 0.3) is 0 Å². The summed E-state index contributed by atoms with van der Waals surface area (Å²) in [7, 11) is 0. The van der Waals surface area contributed by atoms with Crippen molar-refractivity contribution in [2.45, 2.75) is 50.7 Å². The molecule has 0 aromatic heterocycles. The molecule has 12 heavy (non-hydrogen) atoms. The monoisotopic (exact) mass is 174 g/mol. The molecule has 0 aromatic carbocycles. The third-order valence-electron chi connectivity index (χ3n) is 2.52. The third kappa shape index (κ3) is 3.07. The SMILES string of the molecule is CC(CF)NC1CCC(N)CC1. The summed E-state index contributed by atoms with van der Waals surface area (Å²) in [6.07, 6.45) is 4.37. The highest BCUT2D eigenvalue weighted by Crippen LogP contribution is 2.17. The van der Waals surface area contributed by atoms with Crippen molar-refractivity contribution >= 4 is 0 Å². The Morgan fingerprint density at radius 3 is 2.50 bits per heavy atom. The maximum absolute atomic E-state index is 12.1. The van der Waals surface area contributed by atoms with E-state index in [0.29, 0.717) is 12.1 Å². The van der Waals surface area contributed by atoms with Crippen molar-refractivity contribution in [3.05, 3.63) is 0 Å². The second-order valence-electron chi connectivity index (χ2n) is 3.83. The molecule has 1 rings (SSSR count). The molecule has 72 valence electrons. The lowest BCUT2D eigenvalue weighted by Crippen LogP contribution is -2.42. The van der Waals surface area contributed by atoms with Crippen LogP contribution in [0, 0.1) is 0 Å². The second kappa shape index (κ2) is 4.77. The lowest BCUT2D eigenvalue weighted by molar-refractivity contribution is 0.293. The van der Waals surface area contributed by atoms with Gasteiger partial charge < -0.3 is 11.1 Å². The van der Waals surface area contributed by atoms with E-state index in [1.165, 1.54) is 0 Å². The Labute approximate surface area is 73.7 Å². The molecule has 0 heterocycles. The van der Waals surface area contributed by atoms with E-state index in [1.54, 1.807) is 0 Å². The van der Waals surface area contributed by atoms with Crippen LogP contribution in [-0.4, -0.2) is 24.8 Å². The molecular formula is C9H19FN2.